The average Bonchev–Trinajstić information content (AvgIpc) is 3.53. The Morgan fingerprint density at radius 2 is 2.00 bits per heavy atom. The summed E-state index contributed by atoms with van der Waals surface area (Å²) >= 11 is 4.79. The third kappa shape index (κ3) is 4.08. The second-order valence-electron chi connectivity index (χ2n) is 6.97. The first kappa shape index (κ1) is 19.5. The minimum absolute atomic E-state index is 0.00410. The van der Waals surface area contributed by atoms with Crippen molar-refractivity contribution >= 4 is 40.3 Å². The Hall–Kier alpha value is -2.42. The Morgan fingerprint density at radius 3 is 2.83 bits per heavy atom. The van der Waals surface area contributed by atoms with Crippen LogP contribution in [0.4, 0.5) is 0 Å². The van der Waals surface area contributed by atoms with Gasteiger partial charge in [0.1, 0.15) is 0 Å². The molecule has 0 unspecified atom stereocenters. The molecule has 152 valence electrons. The van der Waals surface area contributed by atoms with Crippen molar-refractivity contribution in [3.63, 3.8) is 0 Å². The number of benzene rings is 1. The molecule has 1 aromatic carbocycles. The number of carbonyl (C=O) groups is 1. The molecule has 8 heteroatoms. The van der Waals surface area contributed by atoms with E-state index < -0.39 is 0 Å². The Labute approximate surface area is 186 Å². The third-order valence-corrected chi connectivity index (χ3v) is 7.79. The summed E-state index contributed by atoms with van der Waals surface area (Å²) in [6, 6.07) is 16.3. The van der Waals surface area contributed by atoms with Crippen molar-refractivity contribution in [1.29, 1.82) is 0 Å². The fourth-order valence-electron chi connectivity index (χ4n) is 3.68. The molecule has 0 saturated carbocycles. The van der Waals surface area contributed by atoms with Gasteiger partial charge in [-0.2, -0.15) is 0 Å². The zero-order valence-electron chi connectivity index (χ0n) is 16.1. The van der Waals surface area contributed by atoms with E-state index in [-0.39, 0.29) is 17.7 Å². The standard InChI is InChI=1S/C22H19N3O2S3/c26-20(14-30-22-24-23-19(27-22)13-15-5-2-1-3-6-15)25-10-8-17-16(9-12-29-17)21(25)18-7-4-11-28-18/h1-7,9,11-12,21H,8,10,13-14H2/t21-/m0/s1. The van der Waals surface area contributed by atoms with Crippen molar-refractivity contribution < 1.29 is 9.21 Å². The molecule has 0 radical (unpaired) electrons. The van der Waals surface area contributed by atoms with Gasteiger partial charge in [0.05, 0.1) is 18.2 Å². The van der Waals surface area contributed by atoms with Gasteiger partial charge in [-0.15, -0.1) is 32.9 Å². The quantitative estimate of drug-likeness (QED) is 0.382. The normalized spacial score (nSPS) is 15.9. The lowest BCUT2D eigenvalue weighted by atomic mass is 9.98. The maximum Gasteiger partial charge on any atom is 0.277 e. The summed E-state index contributed by atoms with van der Waals surface area (Å²) in [4.78, 5) is 17.7. The van der Waals surface area contributed by atoms with Gasteiger partial charge in [0.2, 0.25) is 11.8 Å². The Bertz CT molecular complexity index is 1120. The molecule has 0 N–H and O–H groups in total. The molecule has 4 aromatic rings. The number of hydrogen-bond acceptors (Lipinski definition) is 7. The molecule has 5 rings (SSSR count). The van der Waals surface area contributed by atoms with Crippen LogP contribution >= 0.6 is 34.4 Å². The fraction of sp³-hybridized carbons (Fsp3) is 0.227. The predicted octanol–water partition coefficient (Wildman–Crippen LogP) is 5.05. The number of thioether (sulfide) groups is 1. The van der Waals surface area contributed by atoms with Crippen LogP contribution in [-0.2, 0) is 17.6 Å². The molecular weight excluding hydrogens is 434 g/mol. The number of fused-ring (bicyclic) bond motifs is 1. The van der Waals surface area contributed by atoms with Crippen molar-refractivity contribution in [3.05, 3.63) is 86.1 Å². The molecule has 30 heavy (non-hydrogen) atoms. The number of rotatable bonds is 6. The van der Waals surface area contributed by atoms with Crippen LogP contribution in [0.2, 0.25) is 0 Å². The van der Waals surface area contributed by atoms with Gasteiger partial charge in [0.25, 0.3) is 5.22 Å². The van der Waals surface area contributed by atoms with E-state index in [4.69, 9.17) is 4.42 Å². The second kappa shape index (κ2) is 8.75. The minimum atomic E-state index is 0.00410. The molecule has 0 bridgehead atoms. The van der Waals surface area contributed by atoms with Crippen molar-refractivity contribution in [3.8, 4) is 0 Å². The molecule has 3 aromatic heterocycles. The smallest absolute Gasteiger partial charge is 0.277 e. The number of nitrogens with zero attached hydrogens (tertiary/aromatic N) is 3. The zero-order chi connectivity index (χ0) is 20.3. The molecule has 0 saturated heterocycles. The van der Waals surface area contributed by atoms with Crippen LogP contribution < -0.4 is 0 Å². The van der Waals surface area contributed by atoms with Crippen molar-refractivity contribution in [2.24, 2.45) is 0 Å². The lowest BCUT2D eigenvalue weighted by Crippen LogP contribution is -2.40. The van der Waals surface area contributed by atoms with Gasteiger partial charge >= 0.3 is 0 Å². The third-order valence-electron chi connectivity index (χ3n) is 5.06. The number of thiophene rings is 2. The highest BCUT2D eigenvalue weighted by Gasteiger charge is 2.33. The highest BCUT2D eigenvalue weighted by molar-refractivity contribution is 7.99. The number of carbonyl (C=O) groups excluding carboxylic acids is 1. The Morgan fingerprint density at radius 1 is 1.10 bits per heavy atom. The zero-order valence-corrected chi connectivity index (χ0v) is 18.5. The van der Waals surface area contributed by atoms with E-state index in [2.05, 4.69) is 33.1 Å². The number of amides is 1. The molecule has 1 aliphatic rings. The summed E-state index contributed by atoms with van der Waals surface area (Å²) in [5.74, 6) is 0.945. The Kier molecular flexibility index (Phi) is 5.70. The molecule has 1 atom stereocenters. The van der Waals surface area contributed by atoms with E-state index >= 15 is 0 Å². The van der Waals surface area contributed by atoms with Gasteiger partial charge in [-0.3, -0.25) is 4.79 Å². The lowest BCUT2D eigenvalue weighted by molar-refractivity contribution is -0.130. The van der Waals surface area contributed by atoms with Gasteiger partial charge in [-0.05, 0) is 40.4 Å². The minimum Gasteiger partial charge on any atom is -0.416 e. The van der Waals surface area contributed by atoms with Crippen LogP contribution in [0.5, 0.6) is 0 Å². The first-order chi connectivity index (χ1) is 14.8. The molecule has 4 heterocycles. The maximum atomic E-state index is 13.1. The van der Waals surface area contributed by atoms with E-state index in [9.17, 15) is 4.79 Å². The summed E-state index contributed by atoms with van der Waals surface area (Å²) in [6.07, 6.45) is 1.50. The van der Waals surface area contributed by atoms with Crippen LogP contribution in [-0.4, -0.2) is 33.3 Å². The van der Waals surface area contributed by atoms with Gasteiger partial charge in [0.15, 0.2) is 0 Å². The second-order valence-corrected chi connectivity index (χ2v) is 9.87. The van der Waals surface area contributed by atoms with Crippen molar-refractivity contribution in [2.45, 2.75) is 24.1 Å². The Balaban J connectivity index is 1.26. The highest BCUT2D eigenvalue weighted by Crippen LogP contribution is 2.39. The first-order valence-electron chi connectivity index (χ1n) is 9.66. The van der Waals surface area contributed by atoms with Gasteiger partial charge in [-0.25, -0.2) is 0 Å². The van der Waals surface area contributed by atoms with Gasteiger partial charge < -0.3 is 9.32 Å². The van der Waals surface area contributed by atoms with Crippen molar-refractivity contribution in [2.75, 3.05) is 12.3 Å². The van der Waals surface area contributed by atoms with Gasteiger partial charge in [-0.1, -0.05) is 48.2 Å². The van der Waals surface area contributed by atoms with Crippen LogP contribution in [0.1, 0.15) is 32.8 Å². The predicted molar refractivity (Wildman–Crippen MR) is 120 cm³/mol. The number of hydrogen-bond donors (Lipinski definition) is 0. The molecule has 5 nitrogen and oxygen atoms in total. The summed E-state index contributed by atoms with van der Waals surface area (Å²) in [6.45, 7) is 0.735. The van der Waals surface area contributed by atoms with E-state index in [1.165, 1.54) is 27.1 Å². The molecule has 0 fully saturated rings. The van der Waals surface area contributed by atoms with E-state index in [1.54, 1.807) is 22.7 Å². The lowest BCUT2D eigenvalue weighted by Gasteiger charge is -2.35. The first-order valence-corrected chi connectivity index (χ1v) is 12.4. The summed E-state index contributed by atoms with van der Waals surface area (Å²) < 4.78 is 5.74. The highest BCUT2D eigenvalue weighted by atomic mass is 32.2. The van der Waals surface area contributed by atoms with Crippen LogP contribution in [0.25, 0.3) is 0 Å². The molecule has 1 aliphatic heterocycles. The summed E-state index contributed by atoms with van der Waals surface area (Å²) in [5, 5.41) is 12.9. The van der Waals surface area contributed by atoms with E-state index in [0.29, 0.717) is 17.5 Å². The SMILES string of the molecule is O=C(CSc1nnc(Cc2ccccc2)o1)N1CCc2sccc2[C@H]1c1cccs1. The number of aromatic nitrogens is 2. The van der Waals surface area contributed by atoms with Crippen LogP contribution in [0.3, 0.4) is 0 Å². The molecule has 0 aliphatic carbocycles. The average molecular weight is 454 g/mol. The summed E-state index contributed by atoms with van der Waals surface area (Å²) in [7, 11) is 0. The summed E-state index contributed by atoms with van der Waals surface area (Å²) in [5.41, 5.74) is 2.38. The van der Waals surface area contributed by atoms with Crippen LogP contribution in [0.15, 0.2) is 68.9 Å². The fourth-order valence-corrected chi connectivity index (χ4v) is 6.11. The van der Waals surface area contributed by atoms with E-state index in [1.807, 2.05) is 41.3 Å². The molecular formula is C22H19N3O2S3. The topological polar surface area (TPSA) is 59.2 Å². The molecule has 0 spiro atoms. The molecule has 1 amide bonds. The maximum absolute atomic E-state index is 13.1. The van der Waals surface area contributed by atoms with Crippen molar-refractivity contribution in [1.82, 2.24) is 15.1 Å². The monoisotopic (exact) mass is 453 g/mol. The largest absolute Gasteiger partial charge is 0.416 e. The van der Waals surface area contributed by atoms with E-state index in [0.717, 1.165) is 18.5 Å². The van der Waals surface area contributed by atoms with Crippen LogP contribution in [0, 0.1) is 0 Å². The van der Waals surface area contributed by atoms with Gasteiger partial charge in [0, 0.05) is 16.3 Å².